The summed E-state index contributed by atoms with van der Waals surface area (Å²) in [4.78, 5) is 11.3. The summed E-state index contributed by atoms with van der Waals surface area (Å²) in [6, 6.07) is 7.36. The van der Waals surface area contributed by atoms with E-state index < -0.39 is 0 Å². The Bertz CT molecular complexity index is 377. The van der Waals surface area contributed by atoms with Crippen molar-refractivity contribution in [2.45, 2.75) is 6.42 Å². The van der Waals surface area contributed by atoms with E-state index in [-0.39, 0.29) is 5.97 Å². The van der Waals surface area contributed by atoms with Crippen molar-refractivity contribution in [1.82, 2.24) is 0 Å². The fraction of sp³-hybridized carbons (Fsp3) is 0.0909. The second-order valence-electron chi connectivity index (χ2n) is 2.79. The van der Waals surface area contributed by atoms with Crippen LogP contribution in [-0.2, 0) is 4.74 Å². The van der Waals surface area contributed by atoms with Crippen LogP contribution in [0, 0.1) is 6.92 Å². The molecule has 13 heavy (non-hydrogen) atoms. The maximum Gasteiger partial charge on any atom is 0.344 e. The molecule has 1 heterocycles. The van der Waals surface area contributed by atoms with Gasteiger partial charge in [0.25, 0.3) is 0 Å². The van der Waals surface area contributed by atoms with Gasteiger partial charge in [-0.1, -0.05) is 18.2 Å². The van der Waals surface area contributed by atoms with Gasteiger partial charge in [0.15, 0.2) is 0 Å². The Morgan fingerprint density at radius 2 is 2.00 bits per heavy atom. The fourth-order valence-electron chi connectivity index (χ4n) is 1.37. The Balaban J connectivity index is 2.53. The van der Waals surface area contributed by atoms with Crippen molar-refractivity contribution in [3.63, 3.8) is 0 Å². The minimum atomic E-state index is -0.268. The average molecular weight is 173 g/mol. The molecule has 0 amide bonds. The number of ether oxygens (including phenoxy) is 1. The van der Waals surface area contributed by atoms with Gasteiger partial charge in [-0.15, -0.1) is 0 Å². The molecular formula is C11H9O2. The normalized spacial score (nSPS) is 17.3. The minimum absolute atomic E-state index is 0.268. The van der Waals surface area contributed by atoms with E-state index in [9.17, 15) is 4.79 Å². The first-order valence-electron chi connectivity index (χ1n) is 4.14. The molecule has 1 aromatic rings. The van der Waals surface area contributed by atoms with E-state index in [0.29, 0.717) is 17.7 Å². The zero-order valence-corrected chi connectivity index (χ0v) is 7.12. The van der Waals surface area contributed by atoms with Gasteiger partial charge in [-0.3, -0.25) is 0 Å². The van der Waals surface area contributed by atoms with Crippen LogP contribution >= 0.6 is 0 Å². The van der Waals surface area contributed by atoms with Crippen LogP contribution in [0.25, 0.3) is 5.76 Å². The van der Waals surface area contributed by atoms with Crippen molar-refractivity contribution in [1.29, 1.82) is 0 Å². The summed E-state index contributed by atoms with van der Waals surface area (Å²) < 4.78 is 5.05. The van der Waals surface area contributed by atoms with Gasteiger partial charge in [-0.2, -0.15) is 0 Å². The first-order chi connectivity index (χ1) is 6.33. The molecule has 0 fully saturated rings. The van der Waals surface area contributed by atoms with Crippen LogP contribution in [0.3, 0.4) is 0 Å². The zero-order valence-electron chi connectivity index (χ0n) is 7.12. The van der Waals surface area contributed by atoms with Crippen LogP contribution in [0.15, 0.2) is 30.3 Å². The number of allylic oxidation sites excluding steroid dienone is 1. The predicted octanol–water partition coefficient (Wildman–Crippen LogP) is 2.42. The highest BCUT2D eigenvalue weighted by molar-refractivity contribution is 6.02. The third-order valence-electron chi connectivity index (χ3n) is 1.94. The molecule has 0 saturated carbocycles. The van der Waals surface area contributed by atoms with Gasteiger partial charge in [-0.05, 0) is 25.5 Å². The van der Waals surface area contributed by atoms with Crippen LogP contribution in [0.2, 0.25) is 0 Å². The van der Waals surface area contributed by atoms with Crippen molar-refractivity contribution >= 4 is 11.7 Å². The molecule has 0 aromatic heterocycles. The fourth-order valence-corrected chi connectivity index (χ4v) is 1.37. The third-order valence-corrected chi connectivity index (χ3v) is 1.94. The van der Waals surface area contributed by atoms with E-state index in [4.69, 9.17) is 4.74 Å². The lowest BCUT2D eigenvalue weighted by Crippen LogP contribution is -1.92. The highest BCUT2D eigenvalue weighted by atomic mass is 16.5. The van der Waals surface area contributed by atoms with Gasteiger partial charge in [0, 0.05) is 5.56 Å². The number of fused-ring (bicyclic) bond motifs is 1. The first-order valence-corrected chi connectivity index (χ1v) is 4.14. The predicted molar refractivity (Wildman–Crippen MR) is 49.8 cm³/mol. The van der Waals surface area contributed by atoms with Crippen molar-refractivity contribution in [3.8, 4) is 0 Å². The zero-order chi connectivity index (χ0) is 9.26. The smallest absolute Gasteiger partial charge is 0.344 e. The Morgan fingerprint density at radius 1 is 1.31 bits per heavy atom. The highest BCUT2D eigenvalue weighted by Gasteiger charge is 2.24. The number of cyclic esters (lactones) is 1. The largest absolute Gasteiger partial charge is 0.423 e. The molecule has 1 aliphatic rings. The summed E-state index contributed by atoms with van der Waals surface area (Å²) in [5.41, 5.74) is 1.51. The van der Waals surface area contributed by atoms with E-state index in [1.807, 2.05) is 24.3 Å². The van der Waals surface area contributed by atoms with Crippen molar-refractivity contribution in [2.75, 3.05) is 0 Å². The summed E-state index contributed by atoms with van der Waals surface area (Å²) in [6.45, 7) is 3.68. The van der Waals surface area contributed by atoms with Gasteiger partial charge in [0.05, 0.1) is 5.56 Å². The molecule has 0 spiro atoms. The summed E-state index contributed by atoms with van der Waals surface area (Å²) in [6.07, 6.45) is 2.43. The monoisotopic (exact) mass is 173 g/mol. The van der Waals surface area contributed by atoms with E-state index in [2.05, 4.69) is 6.92 Å². The topological polar surface area (TPSA) is 26.3 Å². The number of hydrogen-bond acceptors (Lipinski definition) is 2. The summed E-state index contributed by atoms with van der Waals surface area (Å²) in [5, 5.41) is 0. The number of hydrogen-bond donors (Lipinski definition) is 0. The molecule has 2 heteroatoms. The molecule has 2 rings (SSSR count). The molecule has 1 aliphatic heterocycles. The van der Waals surface area contributed by atoms with Crippen LogP contribution < -0.4 is 0 Å². The van der Waals surface area contributed by atoms with Crippen LogP contribution in [0.1, 0.15) is 22.3 Å². The van der Waals surface area contributed by atoms with Crippen molar-refractivity contribution in [2.24, 2.45) is 0 Å². The quantitative estimate of drug-likeness (QED) is 0.609. The summed E-state index contributed by atoms with van der Waals surface area (Å²) >= 11 is 0. The molecule has 1 radical (unpaired) electrons. The SMILES string of the molecule is [CH2]CC=C1OC(=O)c2ccccc21. The van der Waals surface area contributed by atoms with Gasteiger partial charge < -0.3 is 4.74 Å². The van der Waals surface area contributed by atoms with Crippen molar-refractivity contribution in [3.05, 3.63) is 48.4 Å². The number of rotatable bonds is 1. The molecule has 0 N–H and O–H groups in total. The van der Waals surface area contributed by atoms with E-state index >= 15 is 0 Å². The number of carbonyl (C=O) groups excluding carboxylic acids is 1. The summed E-state index contributed by atoms with van der Waals surface area (Å²) in [7, 11) is 0. The Morgan fingerprint density at radius 3 is 2.69 bits per heavy atom. The lowest BCUT2D eigenvalue weighted by Gasteiger charge is -1.95. The molecule has 65 valence electrons. The Hall–Kier alpha value is -1.57. The van der Waals surface area contributed by atoms with Crippen LogP contribution in [0.5, 0.6) is 0 Å². The molecule has 0 saturated heterocycles. The molecule has 0 unspecified atom stereocenters. The first kappa shape index (κ1) is 8.05. The van der Waals surface area contributed by atoms with Gasteiger partial charge in [0.1, 0.15) is 5.76 Å². The minimum Gasteiger partial charge on any atom is -0.423 e. The van der Waals surface area contributed by atoms with E-state index in [1.54, 1.807) is 6.07 Å². The lowest BCUT2D eigenvalue weighted by atomic mass is 10.1. The van der Waals surface area contributed by atoms with Crippen LogP contribution in [-0.4, -0.2) is 5.97 Å². The highest BCUT2D eigenvalue weighted by Crippen LogP contribution is 2.29. The number of benzene rings is 1. The molecule has 2 nitrogen and oxygen atoms in total. The molecular weight excluding hydrogens is 164 g/mol. The molecule has 1 aromatic carbocycles. The van der Waals surface area contributed by atoms with Gasteiger partial charge in [0.2, 0.25) is 0 Å². The molecule has 0 atom stereocenters. The molecule has 0 bridgehead atoms. The number of esters is 1. The van der Waals surface area contributed by atoms with Gasteiger partial charge in [-0.25, -0.2) is 4.79 Å². The molecule has 0 aliphatic carbocycles. The average Bonchev–Trinajstić information content (AvgIpc) is 2.46. The van der Waals surface area contributed by atoms with Crippen LogP contribution in [0.4, 0.5) is 0 Å². The van der Waals surface area contributed by atoms with Crippen molar-refractivity contribution < 1.29 is 9.53 Å². The summed E-state index contributed by atoms with van der Waals surface area (Å²) in [5.74, 6) is 0.367. The Kier molecular flexibility index (Phi) is 1.89. The number of carbonyl (C=O) groups is 1. The third kappa shape index (κ3) is 1.24. The van der Waals surface area contributed by atoms with E-state index in [1.165, 1.54) is 0 Å². The maximum atomic E-state index is 11.3. The van der Waals surface area contributed by atoms with E-state index in [0.717, 1.165) is 5.56 Å². The second-order valence-corrected chi connectivity index (χ2v) is 2.79. The second kappa shape index (κ2) is 3.05. The lowest BCUT2D eigenvalue weighted by molar-refractivity contribution is 0.0715. The standard InChI is InChI=1S/C11H9O2/c1-2-5-10-8-6-3-4-7-9(8)11(12)13-10/h3-7H,1-2H2. The maximum absolute atomic E-state index is 11.3. The Labute approximate surface area is 76.8 Å². The van der Waals surface area contributed by atoms with Gasteiger partial charge >= 0.3 is 5.97 Å².